The number of nitrogens with zero attached hydrogens (tertiary/aromatic N) is 3. The molecule has 8 aromatic rings. The first-order valence-electron chi connectivity index (χ1n) is 18.5. The lowest BCUT2D eigenvalue weighted by molar-refractivity contribution is 0.563. The molecule has 1 aromatic heterocycles. The number of fused-ring (bicyclic) bond motifs is 9. The second kappa shape index (κ2) is 12.1. The maximum absolute atomic E-state index is 9.36. The molecule has 2 aliphatic rings. The van der Waals surface area contributed by atoms with Crippen molar-refractivity contribution in [1.29, 1.82) is 5.26 Å². The van der Waals surface area contributed by atoms with E-state index in [0.29, 0.717) is 11.4 Å². The van der Waals surface area contributed by atoms with Gasteiger partial charge in [0.25, 0.3) is 0 Å². The van der Waals surface area contributed by atoms with Gasteiger partial charge in [-0.05, 0) is 79.9 Å². The molecule has 7 aromatic carbocycles. The maximum atomic E-state index is 9.36. The van der Waals surface area contributed by atoms with E-state index in [2.05, 4.69) is 147 Å². The minimum absolute atomic E-state index is 0.136. The molecule has 54 heavy (non-hydrogen) atoms. The summed E-state index contributed by atoms with van der Waals surface area (Å²) in [4.78, 5) is 10.1. The molecule has 1 heterocycles. The lowest BCUT2D eigenvalue weighted by Gasteiger charge is -2.46. The summed E-state index contributed by atoms with van der Waals surface area (Å²) in [5, 5.41) is 9.36. The minimum Gasteiger partial charge on any atom is -0.228 e. The van der Waals surface area contributed by atoms with Crippen LogP contribution in [0.4, 0.5) is 0 Å². The van der Waals surface area contributed by atoms with E-state index in [1.807, 2.05) is 48.5 Å². The van der Waals surface area contributed by atoms with Crippen molar-refractivity contribution in [3.63, 3.8) is 0 Å². The van der Waals surface area contributed by atoms with Crippen LogP contribution in [0, 0.1) is 11.3 Å². The number of aromatic nitrogens is 2. The number of nitriles is 1. The van der Waals surface area contributed by atoms with Gasteiger partial charge in [0.15, 0.2) is 5.82 Å². The normalized spacial score (nSPS) is 14.0. The third-order valence-electron chi connectivity index (χ3n) is 11.6. The molecule has 2 aliphatic carbocycles. The van der Waals surface area contributed by atoms with Crippen LogP contribution in [0.25, 0.3) is 56.2 Å². The zero-order valence-electron chi connectivity index (χ0n) is 30.1. The number of hydrogen-bond donors (Lipinski definition) is 0. The molecule has 0 saturated heterocycles. The summed E-state index contributed by atoms with van der Waals surface area (Å²) in [6.45, 7) is 4.73. The van der Waals surface area contributed by atoms with E-state index < -0.39 is 5.41 Å². The first-order valence-corrected chi connectivity index (χ1v) is 18.5. The van der Waals surface area contributed by atoms with Crippen molar-refractivity contribution in [3.8, 4) is 62.2 Å². The van der Waals surface area contributed by atoms with Gasteiger partial charge in [0.05, 0.1) is 28.4 Å². The number of hydrogen-bond acceptors (Lipinski definition) is 3. The molecule has 0 aliphatic heterocycles. The summed E-state index contributed by atoms with van der Waals surface area (Å²) in [6, 6.07) is 64.8. The standard InChI is InChI=1S/C51H35N3/c1-50(2)42-16-8-10-18-44(42)51(45-19-11-9-17-43(45)50)41-15-7-6-14-39(41)40-29-28-38(30-46(40)51)34-24-26-37(27-25-34)49-53-47(35-12-4-3-5-13-35)31-48(54-49)36-22-20-33(32-52)21-23-36/h3-31H,1-2H3. The zero-order chi connectivity index (χ0) is 36.4. The molecule has 0 atom stereocenters. The van der Waals surface area contributed by atoms with Gasteiger partial charge < -0.3 is 0 Å². The van der Waals surface area contributed by atoms with Gasteiger partial charge in [-0.2, -0.15) is 5.26 Å². The van der Waals surface area contributed by atoms with Crippen molar-refractivity contribution in [3.05, 3.63) is 215 Å². The Balaban J connectivity index is 1.11. The summed E-state index contributed by atoms with van der Waals surface area (Å²) < 4.78 is 0. The van der Waals surface area contributed by atoms with Crippen molar-refractivity contribution in [2.45, 2.75) is 24.7 Å². The van der Waals surface area contributed by atoms with Crippen molar-refractivity contribution < 1.29 is 0 Å². The highest BCUT2D eigenvalue weighted by molar-refractivity contribution is 5.90. The Morgan fingerprint density at radius 1 is 0.407 bits per heavy atom. The van der Waals surface area contributed by atoms with Gasteiger partial charge in [-0.3, -0.25) is 0 Å². The first kappa shape index (κ1) is 31.8. The minimum atomic E-state index is -0.432. The molecule has 0 N–H and O–H groups in total. The fourth-order valence-electron chi connectivity index (χ4n) is 9.05. The molecule has 3 heteroatoms. The fraction of sp³-hybridized carbons (Fsp3) is 0.0784. The summed E-state index contributed by atoms with van der Waals surface area (Å²) in [5.41, 5.74) is 17.7. The highest BCUT2D eigenvalue weighted by Crippen LogP contribution is 2.62. The van der Waals surface area contributed by atoms with Gasteiger partial charge in [-0.1, -0.05) is 166 Å². The van der Waals surface area contributed by atoms with E-state index in [9.17, 15) is 5.26 Å². The Bertz CT molecular complexity index is 2740. The van der Waals surface area contributed by atoms with E-state index in [1.165, 1.54) is 50.1 Å². The average molecular weight is 690 g/mol. The highest BCUT2D eigenvalue weighted by Gasteiger charge is 2.53. The van der Waals surface area contributed by atoms with Crippen LogP contribution in [-0.4, -0.2) is 9.97 Å². The first-order chi connectivity index (χ1) is 26.5. The summed E-state index contributed by atoms with van der Waals surface area (Å²) in [5.74, 6) is 0.656. The van der Waals surface area contributed by atoms with Crippen LogP contribution in [0.3, 0.4) is 0 Å². The lowest BCUT2D eigenvalue weighted by atomic mass is 9.55. The van der Waals surface area contributed by atoms with E-state index >= 15 is 0 Å². The topological polar surface area (TPSA) is 49.6 Å². The Morgan fingerprint density at radius 2 is 0.889 bits per heavy atom. The van der Waals surface area contributed by atoms with Crippen molar-refractivity contribution in [2.75, 3.05) is 0 Å². The van der Waals surface area contributed by atoms with Crippen LogP contribution in [0.15, 0.2) is 176 Å². The van der Waals surface area contributed by atoms with Crippen molar-refractivity contribution in [2.24, 2.45) is 0 Å². The summed E-state index contributed by atoms with van der Waals surface area (Å²) >= 11 is 0. The maximum Gasteiger partial charge on any atom is 0.160 e. The lowest BCUT2D eigenvalue weighted by Crippen LogP contribution is -2.40. The van der Waals surface area contributed by atoms with Crippen LogP contribution in [0.5, 0.6) is 0 Å². The quantitative estimate of drug-likeness (QED) is 0.185. The fourth-order valence-corrected chi connectivity index (χ4v) is 9.05. The van der Waals surface area contributed by atoms with Gasteiger partial charge in [0.1, 0.15) is 0 Å². The van der Waals surface area contributed by atoms with E-state index in [-0.39, 0.29) is 5.41 Å². The van der Waals surface area contributed by atoms with Gasteiger partial charge in [0, 0.05) is 22.1 Å². The Hall–Kier alpha value is -6.89. The monoisotopic (exact) mass is 689 g/mol. The Kier molecular flexibility index (Phi) is 7.12. The van der Waals surface area contributed by atoms with Gasteiger partial charge >= 0.3 is 0 Å². The molecule has 254 valence electrons. The van der Waals surface area contributed by atoms with Crippen molar-refractivity contribution in [1.82, 2.24) is 9.97 Å². The van der Waals surface area contributed by atoms with Gasteiger partial charge in [-0.15, -0.1) is 0 Å². The Labute approximate surface area is 315 Å². The van der Waals surface area contributed by atoms with Crippen LogP contribution < -0.4 is 0 Å². The third-order valence-corrected chi connectivity index (χ3v) is 11.6. The zero-order valence-corrected chi connectivity index (χ0v) is 30.1. The summed E-state index contributed by atoms with van der Waals surface area (Å²) in [6.07, 6.45) is 0. The molecule has 1 spiro atoms. The third kappa shape index (κ3) is 4.67. The molecule has 0 bridgehead atoms. The second-order valence-electron chi connectivity index (χ2n) is 14.9. The predicted molar refractivity (Wildman–Crippen MR) is 218 cm³/mol. The molecule has 0 unspecified atom stereocenters. The largest absolute Gasteiger partial charge is 0.228 e. The number of benzene rings is 7. The molecule has 0 amide bonds. The Morgan fingerprint density at radius 3 is 1.52 bits per heavy atom. The van der Waals surface area contributed by atoms with Crippen LogP contribution in [0.1, 0.15) is 52.8 Å². The molecule has 10 rings (SSSR count). The van der Waals surface area contributed by atoms with Crippen LogP contribution >= 0.6 is 0 Å². The van der Waals surface area contributed by atoms with Gasteiger partial charge in [0.2, 0.25) is 0 Å². The summed E-state index contributed by atoms with van der Waals surface area (Å²) in [7, 11) is 0. The highest BCUT2D eigenvalue weighted by atomic mass is 14.9. The SMILES string of the molecule is CC1(C)c2ccccc2C2(c3ccccc3-c3ccc(-c4ccc(-c5nc(-c6ccccc6)cc(-c6ccc(C#N)cc6)n5)cc4)cc32)c2ccccc21. The molecule has 3 nitrogen and oxygen atoms in total. The van der Waals surface area contributed by atoms with E-state index in [0.717, 1.165) is 33.6 Å². The molecular weight excluding hydrogens is 655 g/mol. The molecule has 0 saturated carbocycles. The van der Waals surface area contributed by atoms with E-state index in [4.69, 9.17) is 9.97 Å². The van der Waals surface area contributed by atoms with Crippen molar-refractivity contribution >= 4 is 0 Å². The van der Waals surface area contributed by atoms with Crippen LogP contribution in [0.2, 0.25) is 0 Å². The van der Waals surface area contributed by atoms with E-state index in [1.54, 1.807) is 0 Å². The molecule has 0 fully saturated rings. The molecule has 0 radical (unpaired) electrons. The van der Waals surface area contributed by atoms with Crippen LogP contribution in [-0.2, 0) is 10.8 Å². The molecular formula is C51H35N3. The predicted octanol–water partition coefficient (Wildman–Crippen LogP) is 12.0. The average Bonchev–Trinajstić information content (AvgIpc) is 3.53. The second-order valence-corrected chi connectivity index (χ2v) is 14.9. The van der Waals surface area contributed by atoms with Gasteiger partial charge in [-0.25, -0.2) is 9.97 Å². The number of rotatable bonds is 4. The smallest absolute Gasteiger partial charge is 0.160 e.